The summed E-state index contributed by atoms with van der Waals surface area (Å²) in [5, 5.41) is 5.51. The molecule has 0 bridgehead atoms. The van der Waals surface area contributed by atoms with Crippen LogP contribution in [-0.4, -0.2) is 31.6 Å². The maximum Gasteiger partial charge on any atom is 0.332 e. The van der Waals surface area contributed by atoms with Crippen LogP contribution in [0.3, 0.4) is 0 Å². The van der Waals surface area contributed by atoms with E-state index in [1.807, 2.05) is 6.92 Å². The van der Waals surface area contributed by atoms with Crippen molar-refractivity contribution < 1.29 is 14.3 Å². The second-order valence-corrected chi connectivity index (χ2v) is 2.84. The number of rotatable bonds is 1. The summed E-state index contributed by atoms with van der Waals surface area (Å²) in [5.41, 5.74) is 0.255. The van der Waals surface area contributed by atoms with Crippen LogP contribution in [0.5, 0.6) is 0 Å². The SMILES string of the molecule is COC(=O)C=C1NCC(C)NC1=O. The van der Waals surface area contributed by atoms with Gasteiger partial charge in [0.1, 0.15) is 5.70 Å². The molecule has 1 unspecified atom stereocenters. The summed E-state index contributed by atoms with van der Waals surface area (Å²) in [6, 6.07) is 0.0855. The highest BCUT2D eigenvalue weighted by Crippen LogP contribution is 1.98. The summed E-state index contributed by atoms with van der Waals surface area (Å²) in [6.45, 7) is 2.49. The molecule has 0 aromatic heterocycles. The first kappa shape index (κ1) is 9.57. The fraction of sp³-hybridized carbons (Fsp3) is 0.500. The summed E-state index contributed by atoms with van der Waals surface area (Å²) in [6.07, 6.45) is 1.14. The quantitative estimate of drug-likeness (QED) is 0.411. The van der Waals surface area contributed by atoms with Gasteiger partial charge in [-0.1, -0.05) is 0 Å². The van der Waals surface area contributed by atoms with E-state index >= 15 is 0 Å². The van der Waals surface area contributed by atoms with Crippen molar-refractivity contribution in [3.05, 3.63) is 11.8 Å². The van der Waals surface area contributed by atoms with Gasteiger partial charge in [-0.05, 0) is 6.92 Å². The first-order valence-electron chi connectivity index (χ1n) is 3.98. The van der Waals surface area contributed by atoms with Gasteiger partial charge in [-0.2, -0.15) is 0 Å². The van der Waals surface area contributed by atoms with E-state index < -0.39 is 5.97 Å². The lowest BCUT2D eigenvalue weighted by molar-refractivity contribution is -0.135. The normalized spacial score (nSPS) is 24.9. The molecule has 72 valence electrons. The van der Waals surface area contributed by atoms with E-state index in [1.54, 1.807) is 0 Å². The third-order valence-electron chi connectivity index (χ3n) is 1.68. The molecule has 0 aromatic rings. The zero-order valence-corrected chi connectivity index (χ0v) is 7.59. The van der Waals surface area contributed by atoms with E-state index in [-0.39, 0.29) is 17.6 Å². The molecule has 1 aliphatic rings. The van der Waals surface area contributed by atoms with Crippen molar-refractivity contribution in [2.24, 2.45) is 0 Å². The van der Waals surface area contributed by atoms with Gasteiger partial charge < -0.3 is 15.4 Å². The highest BCUT2D eigenvalue weighted by Gasteiger charge is 2.19. The van der Waals surface area contributed by atoms with Crippen molar-refractivity contribution in [1.82, 2.24) is 10.6 Å². The van der Waals surface area contributed by atoms with Crippen LogP contribution in [0, 0.1) is 0 Å². The molecule has 1 amide bonds. The Morgan fingerprint density at radius 3 is 2.92 bits per heavy atom. The number of amides is 1. The summed E-state index contributed by atoms with van der Waals surface area (Å²) in [7, 11) is 1.27. The number of carbonyl (C=O) groups is 2. The van der Waals surface area contributed by atoms with Gasteiger partial charge in [-0.25, -0.2) is 4.79 Å². The van der Waals surface area contributed by atoms with Gasteiger partial charge in [0.05, 0.1) is 13.2 Å². The minimum absolute atomic E-state index is 0.0855. The van der Waals surface area contributed by atoms with E-state index in [1.165, 1.54) is 7.11 Å². The lowest BCUT2D eigenvalue weighted by atomic mass is 10.2. The van der Waals surface area contributed by atoms with Gasteiger partial charge in [0.25, 0.3) is 5.91 Å². The first-order chi connectivity index (χ1) is 6.13. The third-order valence-corrected chi connectivity index (χ3v) is 1.68. The molecule has 2 N–H and O–H groups in total. The van der Waals surface area contributed by atoms with Crippen LogP contribution in [0.25, 0.3) is 0 Å². The van der Waals surface area contributed by atoms with Gasteiger partial charge in [-0.3, -0.25) is 4.79 Å². The molecule has 0 aliphatic carbocycles. The van der Waals surface area contributed by atoms with Gasteiger partial charge in [0, 0.05) is 12.6 Å². The molecule has 5 nitrogen and oxygen atoms in total. The number of ether oxygens (including phenoxy) is 1. The summed E-state index contributed by atoms with van der Waals surface area (Å²) in [4.78, 5) is 22.0. The molecule has 0 radical (unpaired) electrons. The average molecular weight is 184 g/mol. The van der Waals surface area contributed by atoms with E-state index in [4.69, 9.17) is 0 Å². The summed E-state index contributed by atoms with van der Waals surface area (Å²) in [5.74, 6) is -0.809. The Balaban J connectivity index is 2.66. The van der Waals surface area contributed by atoms with Crippen molar-refractivity contribution in [2.75, 3.05) is 13.7 Å². The molecule has 1 atom stereocenters. The predicted octanol–water partition coefficient (Wildman–Crippen LogP) is -0.849. The molecule has 0 aromatic carbocycles. The maximum absolute atomic E-state index is 11.2. The second-order valence-electron chi connectivity index (χ2n) is 2.84. The highest BCUT2D eigenvalue weighted by atomic mass is 16.5. The summed E-state index contributed by atoms with van der Waals surface area (Å²) >= 11 is 0. The largest absolute Gasteiger partial charge is 0.466 e. The molecule has 1 heterocycles. The smallest absolute Gasteiger partial charge is 0.332 e. The van der Waals surface area contributed by atoms with Crippen molar-refractivity contribution in [2.45, 2.75) is 13.0 Å². The number of nitrogens with one attached hydrogen (secondary N) is 2. The van der Waals surface area contributed by atoms with Gasteiger partial charge >= 0.3 is 5.97 Å². The number of carbonyl (C=O) groups excluding carboxylic acids is 2. The van der Waals surface area contributed by atoms with Crippen molar-refractivity contribution in [3.63, 3.8) is 0 Å². The van der Waals surface area contributed by atoms with Crippen molar-refractivity contribution in [1.29, 1.82) is 0 Å². The molecular weight excluding hydrogens is 172 g/mol. The number of piperazine rings is 1. The topological polar surface area (TPSA) is 67.4 Å². The Morgan fingerprint density at radius 2 is 2.38 bits per heavy atom. The molecular formula is C8H12N2O3. The molecule has 13 heavy (non-hydrogen) atoms. The molecule has 1 saturated heterocycles. The monoisotopic (exact) mass is 184 g/mol. The van der Waals surface area contributed by atoms with E-state index in [2.05, 4.69) is 15.4 Å². The molecule has 0 saturated carbocycles. The minimum Gasteiger partial charge on any atom is -0.466 e. The van der Waals surface area contributed by atoms with Gasteiger partial charge in [0.15, 0.2) is 0 Å². The zero-order valence-electron chi connectivity index (χ0n) is 7.59. The Morgan fingerprint density at radius 1 is 1.69 bits per heavy atom. The van der Waals surface area contributed by atoms with Crippen LogP contribution in [-0.2, 0) is 14.3 Å². The van der Waals surface area contributed by atoms with E-state index in [9.17, 15) is 9.59 Å². The highest BCUT2D eigenvalue weighted by molar-refractivity contribution is 5.99. The first-order valence-corrected chi connectivity index (χ1v) is 3.98. The lowest BCUT2D eigenvalue weighted by Gasteiger charge is -2.23. The Hall–Kier alpha value is -1.52. The van der Waals surface area contributed by atoms with Crippen LogP contribution in [0.1, 0.15) is 6.92 Å². The molecule has 1 rings (SSSR count). The Bertz CT molecular complexity index is 260. The molecule has 5 heteroatoms. The minimum atomic E-state index is -0.535. The number of hydrogen-bond donors (Lipinski definition) is 2. The molecule has 0 spiro atoms. The van der Waals surface area contributed by atoms with Crippen LogP contribution in [0.15, 0.2) is 11.8 Å². The standard InChI is InChI=1S/C8H12N2O3/c1-5-4-9-6(8(12)10-5)3-7(11)13-2/h3,5,9H,4H2,1-2H3,(H,10,12). The van der Waals surface area contributed by atoms with Crippen molar-refractivity contribution >= 4 is 11.9 Å². The average Bonchev–Trinajstić information content (AvgIpc) is 2.09. The number of methoxy groups -OCH3 is 1. The van der Waals surface area contributed by atoms with Crippen LogP contribution >= 0.6 is 0 Å². The summed E-state index contributed by atoms with van der Waals surface area (Å²) < 4.78 is 4.39. The van der Waals surface area contributed by atoms with Gasteiger partial charge in [0.2, 0.25) is 0 Å². The van der Waals surface area contributed by atoms with Crippen molar-refractivity contribution in [3.8, 4) is 0 Å². The third kappa shape index (κ3) is 2.47. The lowest BCUT2D eigenvalue weighted by Crippen LogP contribution is -2.49. The molecule has 1 fully saturated rings. The van der Waals surface area contributed by atoms with E-state index in [0.29, 0.717) is 6.54 Å². The Kier molecular flexibility index (Phi) is 2.89. The van der Waals surface area contributed by atoms with Crippen LogP contribution in [0.2, 0.25) is 0 Å². The fourth-order valence-corrected chi connectivity index (χ4v) is 0.989. The Labute approximate surface area is 76.1 Å². The van der Waals surface area contributed by atoms with Gasteiger partial charge in [-0.15, -0.1) is 0 Å². The second kappa shape index (κ2) is 3.93. The molecule has 1 aliphatic heterocycles. The maximum atomic E-state index is 11.2. The number of esters is 1. The number of hydrogen-bond acceptors (Lipinski definition) is 4. The fourth-order valence-electron chi connectivity index (χ4n) is 0.989. The zero-order chi connectivity index (χ0) is 9.84. The van der Waals surface area contributed by atoms with Crippen LogP contribution in [0.4, 0.5) is 0 Å². The van der Waals surface area contributed by atoms with E-state index in [0.717, 1.165) is 6.08 Å². The predicted molar refractivity (Wildman–Crippen MR) is 45.7 cm³/mol. The van der Waals surface area contributed by atoms with Crippen LogP contribution < -0.4 is 10.6 Å².